The Hall–Kier alpha value is -1.21. The molecule has 0 N–H and O–H groups in total. The van der Waals surface area contributed by atoms with Gasteiger partial charge in [0.2, 0.25) is 0 Å². The van der Waals surface area contributed by atoms with Crippen LogP contribution in [0.4, 0.5) is 5.69 Å². The SMILES string of the molecule is Cc1nc(-c2ccsc2)sc1C(=O)N(C)c1ccc(Br)cc1Cl. The molecule has 0 saturated carbocycles. The minimum atomic E-state index is -0.106. The molecule has 0 unspecified atom stereocenters. The Morgan fingerprint density at radius 3 is 2.78 bits per heavy atom. The van der Waals surface area contributed by atoms with E-state index in [4.69, 9.17) is 11.6 Å². The number of rotatable bonds is 3. The first kappa shape index (κ1) is 16.6. The minimum absolute atomic E-state index is 0.106. The smallest absolute Gasteiger partial charge is 0.270 e. The lowest BCUT2D eigenvalue weighted by molar-refractivity contribution is 0.0996. The molecule has 0 aliphatic carbocycles. The van der Waals surface area contributed by atoms with Gasteiger partial charge >= 0.3 is 0 Å². The van der Waals surface area contributed by atoms with Crippen LogP contribution >= 0.6 is 50.2 Å². The highest BCUT2D eigenvalue weighted by Crippen LogP contribution is 2.33. The number of aryl methyl sites for hydroxylation is 1. The van der Waals surface area contributed by atoms with Crippen molar-refractivity contribution < 1.29 is 4.79 Å². The molecular formula is C16H12BrClN2OS2. The summed E-state index contributed by atoms with van der Waals surface area (Å²) in [5, 5.41) is 5.42. The van der Waals surface area contributed by atoms with Crippen molar-refractivity contribution in [3.05, 3.63) is 55.1 Å². The summed E-state index contributed by atoms with van der Waals surface area (Å²) in [6.45, 7) is 1.86. The van der Waals surface area contributed by atoms with Gasteiger partial charge < -0.3 is 4.90 Å². The lowest BCUT2D eigenvalue weighted by atomic mass is 10.2. The van der Waals surface area contributed by atoms with Gasteiger partial charge in [0.05, 0.1) is 16.4 Å². The molecule has 0 radical (unpaired) electrons. The maximum absolute atomic E-state index is 12.8. The Labute approximate surface area is 155 Å². The maximum Gasteiger partial charge on any atom is 0.270 e. The van der Waals surface area contributed by atoms with Crippen LogP contribution in [-0.4, -0.2) is 17.9 Å². The Morgan fingerprint density at radius 1 is 1.35 bits per heavy atom. The maximum atomic E-state index is 12.8. The number of amides is 1. The van der Waals surface area contributed by atoms with Crippen molar-refractivity contribution in [2.45, 2.75) is 6.92 Å². The molecule has 3 aromatic rings. The molecule has 0 saturated heterocycles. The highest BCUT2D eigenvalue weighted by atomic mass is 79.9. The molecule has 7 heteroatoms. The van der Waals surface area contributed by atoms with E-state index in [-0.39, 0.29) is 5.91 Å². The van der Waals surface area contributed by atoms with Gasteiger partial charge in [-0.1, -0.05) is 27.5 Å². The van der Waals surface area contributed by atoms with Gasteiger partial charge in [0, 0.05) is 22.5 Å². The van der Waals surface area contributed by atoms with Crippen molar-refractivity contribution in [1.29, 1.82) is 0 Å². The Kier molecular flexibility index (Phi) is 4.87. The third-order valence-electron chi connectivity index (χ3n) is 3.33. The van der Waals surface area contributed by atoms with Crippen molar-refractivity contribution in [2.75, 3.05) is 11.9 Å². The van der Waals surface area contributed by atoms with E-state index in [1.807, 2.05) is 35.9 Å². The fourth-order valence-electron chi connectivity index (χ4n) is 2.12. The summed E-state index contributed by atoms with van der Waals surface area (Å²) in [6, 6.07) is 7.46. The third kappa shape index (κ3) is 3.35. The number of hydrogen-bond acceptors (Lipinski definition) is 4. The van der Waals surface area contributed by atoms with Crippen LogP contribution in [0.5, 0.6) is 0 Å². The second-order valence-corrected chi connectivity index (χ2v) is 8.01. The molecule has 2 heterocycles. The normalized spacial score (nSPS) is 10.8. The van der Waals surface area contributed by atoms with Crippen molar-refractivity contribution in [3.63, 3.8) is 0 Å². The number of nitrogens with zero attached hydrogens (tertiary/aromatic N) is 2. The Bertz CT molecular complexity index is 861. The Balaban J connectivity index is 1.94. The first-order valence-electron chi connectivity index (χ1n) is 6.70. The van der Waals surface area contributed by atoms with Crippen LogP contribution in [0.1, 0.15) is 15.4 Å². The van der Waals surface area contributed by atoms with Crippen LogP contribution in [0.3, 0.4) is 0 Å². The quantitative estimate of drug-likeness (QED) is 0.523. The zero-order valence-corrected chi connectivity index (χ0v) is 16.3. The number of carbonyl (C=O) groups is 1. The summed E-state index contributed by atoms with van der Waals surface area (Å²) in [5.74, 6) is -0.106. The second-order valence-electron chi connectivity index (χ2n) is 4.91. The second kappa shape index (κ2) is 6.73. The number of anilines is 1. The molecular weight excluding hydrogens is 416 g/mol. The number of hydrogen-bond donors (Lipinski definition) is 0. The summed E-state index contributed by atoms with van der Waals surface area (Å²) in [6.07, 6.45) is 0. The highest BCUT2D eigenvalue weighted by Gasteiger charge is 2.22. The summed E-state index contributed by atoms with van der Waals surface area (Å²) >= 11 is 12.6. The summed E-state index contributed by atoms with van der Waals surface area (Å²) in [4.78, 5) is 19.5. The van der Waals surface area contributed by atoms with Crippen LogP contribution in [0.15, 0.2) is 39.5 Å². The van der Waals surface area contributed by atoms with Gasteiger partial charge in [-0.2, -0.15) is 11.3 Å². The molecule has 0 atom stereocenters. The molecule has 0 fully saturated rings. The van der Waals surface area contributed by atoms with Crippen LogP contribution in [0, 0.1) is 6.92 Å². The van der Waals surface area contributed by atoms with Gasteiger partial charge in [-0.3, -0.25) is 4.79 Å². The van der Waals surface area contributed by atoms with Crippen molar-refractivity contribution >= 4 is 61.8 Å². The fourth-order valence-corrected chi connectivity index (χ4v) is 4.67. The average Bonchev–Trinajstić information content (AvgIpc) is 3.15. The summed E-state index contributed by atoms with van der Waals surface area (Å²) < 4.78 is 0.876. The molecule has 0 aliphatic rings. The van der Waals surface area contributed by atoms with Crippen molar-refractivity contribution in [3.8, 4) is 10.6 Å². The number of aromatic nitrogens is 1. The predicted molar refractivity (Wildman–Crippen MR) is 102 cm³/mol. The van der Waals surface area contributed by atoms with Gasteiger partial charge in [-0.25, -0.2) is 4.98 Å². The van der Waals surface area contributed by atoms with Gasteiger partial charge in [0.25, 0.3) is 5.91 Å². The average molecular weight is 428 g/mol. The molecule has 23 heavy (non-hydrogen) atoms. The van der Waals surface area contributed by atoms with Gasteiger partial charge in [-0.15, -0.1) is 11.3 Å². The van der Waals surface area contributed by atoms with Crippen LogP contribution in [0.2, 0.25) is 5.02 Å². The van der Waals surface area contributed by atoms with E-state index >= 15 is 0 Å². The van der Waals surface area contributed by atoms with Gasteiger partial charge in [0.1, 0.15) is 9.88 Å². The number of benzene rings is 1. The summed E-state index contributed by atoms with van der Waals surface area (Å²) in [7, 11) is 1.72. The minimum Gasteiger partial charge on any atom is -0.309 e. The standard InChI is InChI=1S/C16H12BrClN2OS2/c1-9-14(23-15(19-9)10-5-6-22-8-10)16(21)20(2)13-4-3-11(17)7-12(13)18/h3-8H,1-2H3. The molecule has 118 valence electrons. The van der Waals surface area contributed by atoms with E-state index in [9.17, 15) is 4.79 Å². The molecule has 3 nitrogen and oxygen atoms in total. The van der Waals surface area contributed by atoms with E-state index in [1.54, 1.807) is 29.4 Å². The monoisotopic (exact) mass is 426 g/mol. The molecule has 1 amide bonds. The van der Waals surface area contributed by atoms with Crippen LogP contribution in [-0.2, 0) is 0 Å². The summed E-state index contributed by atoms with van der Waals surface area (Å²) in [5.41, 5.74) is 2.46. The van der Waals surface area contributed by atoms with Crippen LogP contribution < -0.4 is 4.90 Å². The zero-order chi connectivity index (χ0) is 16.6. The van der Waals surface area contributed by atoms with E-state index in [1.165, 1.54) is 11.3 Å². The number of carbonyl (C=O) groups excluding carboxylic acids is 1. The van der Waals surface area contributed by atoms with Crippen LogP contribution in [0.25, 0.3) is 10.6 Å². The molecule has 1 aromatic carbocycles. The molecule has 3 rings (SSSR count). The van der Waals surface area contributed by atoms with Gasteiger partial charge in [0.15, 0.2) is 0 Å². The van der Waals surface area contributed by atoms with Gasteiger partial charge in [-0.05, 0) is 36.6 Å². The highest BCUT2D eigenvalue weighted by molar-refractivity contribution is 9.10. The molecule has 0 bridgehead atoms. The number of thiophene rings is 1. The number of halogens is 2. The van der Waals surface area contributed by atoms with Crippen molar-refractivity contribution in [1.82, 2.24) is 4.98 Å². The van der Waals surface area contributed by atoms with Crippen molar-refractivity contribution in [2.24, 2.45) is 0 Å². The zero-order valence-electron chi connectivity index (χ0n) is 12.3. The van der Waals surface area contributed by atoms with E-state index < -0.39 is 0 Å². The molecule has 0 aliphatic heterocycles. The first-order chi connectivity index (χ1) is 11.0. The number of thiazole rings is 1. The largest absolute Gasteiger partial charge is 0.309 e. The van der Waals surface area contributed by atoms with E-state index in [0.717, 1.165) is 20.7 Å². The predicted octanol–water partition coefficient (Wildman–Crippen LogP) is 5.87. The van der Waals surface area contributed by atoms with E-state index in [2.05, 4.69) is 20.9 Å². The lowest BCUT2D eigenvalue weighted by Crippen LogP contribution is -2.26. The van der Waals surface area contributed by atoms with E-state index in [0.29, 0.717) is 15.6 Å². The molecule has 0 spiro atoms. The first-order valence-corrected chi connectivity index (χ1v) is 9.63. The molecule has 2 aromatic heterocycles. The fraction of sp³-hybridized carbons (Fsp3) is 0.125. The lowest BCUT2D eigenvalue weighted by Gasteiger charge is -2.18. The topological polar surface area (TPSA) is 33.2 Å². The third-order valence-corrected chi connectivity index (χ3v) is 6.01. The Morgan fingerprint density at radius 2 is 2.13 bits per heavy atom.